The summed E-state index contributed by atoms with van der Waals surface area (Å²) in [5, 5.41) is 61.0. The summed E-state index contributed by atoms with van der Waals surface area (Å²) in [5.74, 6) is 1.25. The average Bonchev–Trinajstić information content (AvgIpc) is 2.53. The van der Waals surface area contributed by atoms with Crippen LogP contribution >= 0.6 is 0 Å². The zero-order chi connectivity index (χ0) is 17.2. The van der Waals surface area contributed by atoms with Gasteiger partial charge in [-0.1, -0.05) is 0 Å². The summed E-state index contributed by atoms with van der Waals surface area (Å²) in [6, 6.07) is 0. The van der Waals surface area contributed by atoms with Gasteiger partial charge in [0, 0.05) is 0 Å². The van der Waals surface area contributed by atoms with Crippen LogP contribution < -0.4 is 0 Å². The van der Waals surface area contributed by atoms with Gasteiger partial charge in [0.1, 0.15) is 0 Å². The van der Waals surface area contributed by atoms with Gasteiger partial charge in [-0.2, -0.15) is 0 Å². The third-order valence-electron chi connectivity index (χ3n) is 7.71. The molecule has 0 saturated heterocycles. The van der Waals surface area contributed by atoms with Crippen molar-refractivity contribution in [1.82, 2.24) is 0 Å². The van der Waals surface area contributed by atoms with Gasteiger partial charge in [-0.3, -0.25) is 0 Å². The van der Waals surface area contributed by atoms with Crippen LogP contribution in [0.4, 0.5) is 0 Å². The van der Waals surface area contributed by atoms with E-state index in [-0.39, 0.29) is 35.5 Å². The number of fused-ring (bicyclic) bond motifs is 6. The molecule has 4 fully saturated rings. The van der Waals surface area contributed by atoms with Crippen LogP contribution in [-0.2, 0) is 0 Å². The molecule has 6 heteroatoms. The Morgan fingerprint density at radius 1 is 0.292 bits per heavy atom. The first-order valence-corrected chi connectivity index (χ1v) is 9.45. The molecule has 0 bridgehead atoms. The van der Waals surface area contributed by atoms with E-state index in [0.717, 1.165) is 0 Å². The minimum atomic E-state index is -0.730. The van der Waals surface area contributed by atoms with Crippen LogP contribution in [0.25, 0.3) is 0 Å². The van der Waals surface area contributed by atoms with Crippen molar-refractivity contribution < 1.29 is 30.6 Å². The molecule has 24 heavy (non-hydrogen) atoms. The minimum absolute atomic E-state index is 0.208. The van der Waals surface area contributed by atoms with Crippen LogP contribution in [0.1, 0.15) is 38.5 Å². The number of hydrogen-bond acceptors (Lipinski definition) is 6. The van der Waals surface area contributed by atoms with E-state index in [2.05, 4.69) is 0 Å². The van der Waals surface area contributed by atoms with E-state index in [4.69, 9.17) is 0 Å². The largest absolute Gasteiger partial charge is 0.390 e. The second kappa shape index (κ2) is 6.18. The summed E-state index contributed by atoms with van der Waals surface area (Å²) in [6.07, 6.45) is -1.23. The van der Waals surface area contributed by atoms with Gasteiger partial charge in [-0.05, 0) is 74.0 Å². The lowest BCUT2D eigenvalue weighted by Gasteiger charge is -2.60. The summed E-state index contributed by atoms with van der Waals surface area (Å²) in [5.41, 5.74) is 0. The van der Waals surface area contributed by atoms with Crippen molar-refractivity contribution in [2.24, 2.45) is 35.5 Å². The topological polar surface area (TPSA) is 121 Å². The second-order valence-electron chi connectivity index (χ2n) is 8.80. The van der Waals surface area contributed by atoms with E-state index >= 15 is 0 Å². The standard InChI is InChI=1S/C18H30O6/c19-13-1-7-8(2-14(13)20)10-4-17(23)18(24)6-12(10)11-5-16(22)15(21)3-9(7)11/h7-24H,1-6H2. The third-order valence-corrected chi connectivity index (χ3v) is 7.71. The summed E-state index contributed by atoms with van der Waals surface area (Å²) in [7, 11) is 0. The fraction of sp³-hybridized carbons (Fsp3) is 1.00. The SMILES string of the molecule is OC1CC2C3CC(O)C(O)CC3C3CC(O)C(O)CC3C2CC1O. The molecular formula is C18H30O6. The average molecular weight is 342 g/mol. The number of hydrogen-bond donors (Lipinski definition) is 6. The van der Waals surface area contributed by atoms with E-state index < -0.39 is 36.6 Å². The van der Waals surface area contributed by atoms with E-state index in [9.17, 15) is 30.6 Å². The first-order chi connectivity index (χ1) is 11.4. The van der Waals surface area contributed by atoms with Gasteiger partial charge >= 0.3 is 0 Å². The molecule has 138 valence electrons. The quantitative estimate of drug-likeness (QED) is 0.344. The molecule has 6 N–H and O–H groups in total. The Balaban J connectivity index is 1.67. The van der Waals surface area contributed by atoms with E-state index in [1.165, 1.54) is 0 Å². The summed E-state index contributed by atoms with van der Waals surface area (Å²) >= 11 is 0. The van der Waals surface area contributed by atoms with Crippen LogP contribution in [-0.4, -0.2) is 67.3 Å². The van der Waals surface area contributed by atoms with E-state index in [1.54, 1.807) is 0 Å². The predicted octanol–water partition coefficient (Wildman–Crippen LogP) is -0.756. The third kappa shape index (κ3) is 2.63. The van der Waals surface area contributed by atoms with Gasteiger partial charge in [-0.15, -0.1) is 0 Å². The molecule has 4 aliphatic rings. The van der Waals surface area contributed by atoms with Crippen molar-refractivity contribution in [2.75, 3.05) is 0 Å². The molecule has 0 amide bonds. The lowest BCUT2D eigenvalue weighted by atomic mass is 9.47. The molecule has 0 aromatic heterocycles. The van der Waals surface area contributed by atoms with Crippen molar-refractivity contribution in [3.05, 3.63) is 0 Å². The van der Waals surface area contributed by atoms with Gasteiger partial charge in [0.15, 0.2) is 0 Å². The van der Waals surface area contributed by atoms with Crippen molar-refractivity contribution in [3.63, 3.8) is 0 Å². The molecule has 0 aromatic carbocycles. The van der Waals surface area contributed by atoms with Crippen LogP contribution in [0.5, 0.6) is 0 Å². The molecular weight excluding hydrogens is 312 g/mol. The molecule has 6 unspecified atom stereocenters. The van der Waals surface area contributed by atoms with Gasteiger partial charge in [-0.25, -0.2) is 0 Å². The Kier molecular flexibility index (Phi) is 4.43. The molecule has 0 heterocycles. The first-order valence-electron chi connectivity index (χ1n) is 9.45. The molecule has 4 aliphatic carbocycles. The Labute approximate surface area is 142 Å². The fourth-order valence-corrected chi connectivity index (χ4v) is 6.62. The smallest absolute Gasteiger partial charge is 0.0802 e. The van der Waals surface area contributed by atoms with Crippen molar-refractivity contribution in [1.29, 1.82) is 0 Å². The lowest BCUT2D eigenvalue weighted by Crippen LogP contribution is -2.59. The molecule has 0 aliphatic heterocycles. The Morgan fingerprint density at radius 3 is 0.542 bits per heavy atom. The number of aliphatic hydroxyl groups is 6. The van der Waals surface area contributed by atoms with E-state index in [0.29, 0.717) is 38.5 Å². The minimum Gasteiger partial charge on any atom is -0.390 e. The lowest BCUT2D eigenvalue weighted by molar-refractivity contribution is -0.186. The Morgan fingerprint density at radius 2 is 0.417 bits per heavy atom. The zero-order valence-electron chi connectivity index (χ0n) is 13.9. The van der Waals surface area contributed by atoms with Gasteiger partial charge < -0.3 is 30.6 Å². The first kappa shape index (κ1) is 17.2. The highest BCUT2D eigenvalue weighted by Crippen LogP contribution is 2.59. The Bertz CT molecular complexity index is 352. The Hall–Kier alpha value is -0.240. The summed E-state index contributed by atoms with van der Waals surface area (Å²) in [4.78, 5) is 0. The molecule has 6 nitrogen and oxygen atoms in total. The van der Waals surface area contributed by atoms with E-state index in [1.807, 2.05) is 0 Å². The highest BCUT2D eigenvalue weighted by atomic mass is 16.3. The number of aliphatic hydroxyl groups excluding tert-OH is 6. The highest BCUT2D eigenvalue weighted by molar-refractivity contribution is 5.06. The molecule has 0 radical (unpaired) electrons. The maximum Gasteiger partial charge on any atom is 0.0802 e. The van der Waals surface area contributed by atoms with Crippen LogP contribution in [0.15, 0.2) is 0 Å². The van der Waals surface area contributed by atoms with Crippen LogP contribution in [0.2, 0.25) is 0 Å². The molecule has 4 rings (SSSR count). The summed E-state index contributed by atoms with van der Waals surface area (Å²) < 4.78 is 0. The maximum absolute atomic E-state index is 10.2. The van der Waals surface area contributed by atoms with Gasteiger partial charge in [0.05, 0.1) is 36.6 Å². The number of rotatable bonds is 0. The maximum atomic E-state index is 10.2. The molecule has 0 aromatic rings. The molecule has 4 saturated carbocycles. The predicted molar refractivity (Wildman–Crippen MR) is 84.7 cm³/mol. The van der Waals surface area contributed by atoms with Crippen molar-refractivity contribution >= 4 is 0 Å². The molecule has 0 spiro atoms. The van der Waals surface area contributed by atoms with Crippen LogP contribution in [0, 0.1) is 35.5 Å². The highest BCUT2D eigenvalue weighted by Gasteiger charge is 2.57. The van der Waals surface area contributed by atoms with Crippen molar-refractivity contribution in [2.45, 2.75) is 75.1 Å². The molecule has 6 atom stereocenters. The monoisotopic (exact) mass is 342 g/mol. The van der Waals surface area contributed by atoms with Crippen LogP contribution in [0.3, 0.4) is 0 Å². The summed E-state index contributed by atoms with van der Waals surface area (Å²) in [6.45, 7) is 0. The van der Waals surface area contributed by atoms with Gasteiger partial charge in [0.25, 0.3) is 0 Å². The normalized spacial score (nSPS) is 60.8. The fourth-order valence-electron chi connectivity index (χ4n) is 6.62. The van der Waals surface area contributed by atoms with Crippen molar-refractivity contribution in [3.8, 4) is 0 Å². The second-order valence-corrected chi connectivity index (χ2v) is 8.80. The zero-order valence-corrected chi connectivity index (χ0v) is 13.9. The van der Waals surface area contributed by atoms with Gasteiger partial charge in [0.2, 0.25) is 0 Å².